The summed E-state index contributed by atoms with van der Waals surface area (Å²) in [6.07, 6.45) is 8.55. The van der Waals surface area contributed by atoms with Crippen molar-refractivity contribution in [1.29, 1.82) is 5.26 Å². The van der Waals surface area contributed by atoms with E-state index in [9.17, 15) is 0 Å². The largest absolute Gasteiger partial charge is 0.369 e. The summed E-state index contributed by atoms with van der Waals surface area (Å²) in [5.74, 6) is 0.849. The number of anilines is 1. The van der Waals surface area contributed by atoms with Crippen molar-refractivity contribution in [2.24, 2.45) is 5.92 Å². The second-order valence-corrected chi connectivity index (χ2v) is 4.70. The lowest BCUT2D eigenvalue weighted by molar-refractivity contribution is 0.459. The van der Waals surface area contributed by atoms with Gasteiger partial charge in [-0.25, -0.2) is 0 Å². The van der Waals surface area contributed by atoms with Crippen LogP contribution in [0.25, 0.3) is 0 Å². The molecule has 0 saturated carbocycles. The fraction of sp³-hybridized carbons (Fsp3) is 0.571. The molecule has 1 aromatic rings. The molecule has 0 radical (unpaired) electrons. The highest BCUT2D eigenvalue weighted by atomic mass is 15.1. The molecule has 2 heterocycles. The van der Waals surface area contributed by atoms with Crippen molar-refractivity contribution >= 4 is 5.69 Å². The molecule has 1 unspecified atom stereocenters. The molecule has 1 aliphatic rings. The molecule has 3 heteroatoms. The summed E-state index contributed by atoms with van der Waals surface area (Å²) in [7, 11) is 0. The van der Waals surface area contributed by atoms with Crippen LogP contribution in [0.1, 0.15) is 38.2 Å². The summed E-state index contributed by atoms with van der Waals surface area (Å²) in [6, 6.07) is 4.06. The summed E-state index contributed by atoms with van der Waals surface area (Å²) in [5.41, 5.74) is 1.75. The molecule has 0 spiro atoms. The first-order valence-corrected chi connectivity index (χ1v) is 6.44. The van der Waals surface area contributed by atoms with Crippen LogP contribution < -0.4 is 4.90 Å². The molecule has 0 N–H and O–H groups in total. The van der Waals surface area contributed by atoms with Crippen molar-refractivity contribution in [3.63, 3.8) is 0 Å². The molecular formula is C14H19N3. The Kier molecular flexibility index (Phi) is 3.98. The van der Waals surface area contributed by atoms with Crippen LogP contribution in [-0.2, 0) is 0 Å². The predicted octanol–water partition coefficient (Wildman–Crippen LogP) is 2.97. The quantitative estimate of drug-likeness (QED) is 0.782. The zero-order valence-corrected chi connectivity index (χ0v) is 10.4. The SMILES string of the molecule is CCC1CCCN(c2cnccc2C#N)CC1. The Morgan fingerprint density at radius 2 is 2.35 bits per heavy atom. The van der Waals surface area contributed by atoms with E-state index in [1.807, 2.05) is 6.20 Å². The van der Waals surface area contributed by atoms with Gasteiger partial charge in [0.15, 0.2) is 0 Å². The molecule has 1 saturated heterocycles. The van der Waals surface area contributed by atoms with Gasteiger partial charge in [-0.05, 0) is 31.2 Å². The van der Waals surface area contributed by atoms with E-state index in [0.717, 1.165) is 30.3 Å². The summed E-state index contributed by atoms with van der Waals surface area (Å²) in [5, 5.41) is 9.11. The summed E-state index contributed by atoms with van der Waals surface area (Å²) >= 11 is 0. The molecule has 90 valence electrons. The Bertz CT molecular complexity index is 408. The molecule has 2 rings (SSSR count). The third-order valence-corrected chi connectivity index (χ3v) is 3.69. The highest BCUT2D eigenvalue weighted by Gasteiger charge is 2.17. The van der Waals surface area contributed by atoms with E-state index in [2.05, 4.69) is 22.9 Å². The number of hydrogen-bond donors (Lipinski definition) is 0. The Morgan fingerprint density at radius 3 is 3.12 bits per heavy atom. The number of nitriles is 1. The normalized spacial score (nSPS) is 20.7. The van der Waals surface area contributed by atoms with Gasteiger partial charge in [0.05, 0.1) is 17.4 Å². The van der Waals surface area contributed by atoms with E-state index in [1.54, 1.807) is 12.3 Å². The Hall–Kier alpha value is -1.56. The minimum Gasteiger partial charge on any atom is -0.369 e. The molecule has 0 aromatic carbocycles. The molecule has 1 fully saturated rings. The van der Waals surface area contributed by atoms with E-state index in [-0.39, 0.29) is 0 Å². The first kappa shape index (κ1) is 11.9. The molecule has 0 aliphatic carbocycles. The van der Waals surface area contributed by atoms with Gasteiger partial charge < -0.3 is 4.90 Å². The van der Waals surface area contributed by atoms with Gasteiger partial charge in [-0.2, -0.15) is 5.26 Å². The molecular weight excluding hydrogens is 210 g/mol. The fourth-order valence-corrected chi connectivity index (χ4v) is 2.55. The van der Waals surface area contributed by atoms with Crippen LogP contribution in [0, 0.1) is 17.2 Å². The molecule has 17 heavy (non-hydrogen) atoms. The van der Waals surface area contributed by atoms with Gasteiger partial charge in [-0.3, -0.25) is 4.98 Å². The molecule has 1 aromatic heterocycles. The molecule has 1 aliphatic heterocycles. The Labute approximate surface area is 103 Å². The summed E-state index contributed by atoms with van der Waals surface area (Å²) in [4.78, 5) is 6.47. The van der Waals surface area contributed by atoms with Crippen LogP contribution in [0.15, 0.2) is 18.5 Å². The van der Waals surface area contributed by atoms with E-state index in [0.29, 0.717) is 0 Å². The van der Waals surface area contributed by atoms with Crippen LogP contribution in [0.5, 0.6) is 0 Å². The van der Waals surface area contributed by atoms with Gasteiger partial charge in [0.25, 0.3) is 0 Å². The van der Waals surface area contributed by atoms with Gasteiger partial charge in [-0.1, -0.05) is 13.3 Å². The van der Waals surface area contributed by atoms with Crippen molar-refractivity contribution in [1.82, 2.24) is 4.98 Å². The number of pyridine rings is 1. The van der Waals surface area contributed by atoms with Crippen LogP contribution in [-0.4, -0.2) is 18.1 Å². The topological polar surface area (TPSA) is 39.9 Å². The minimum atomic E-state index is 0.745. The maximum Gasteiger partial charge on any atom is 0.101 e. The first-order valence-electron chi connectivity index (χ1n) is 6.44. The Balaban J connectivity index is 2.14. The zero-order chi connectivity index (χ0) is 12.1. The zero-order valence-electron chi connectivity index (χ0n) is 10.4. The number of nitrogens with zero attached hydrogens (tertiary/aromatic N) is 3. The molecule has 0 amide bonds. The molecule has 0 bridgehead atoms. The highest BCUT2D eigenvalue weighted by Crippen LogP contribution is 2.25. The third kappa shape index (κ3) is 2.76. The average Bonchev–Trinajstić information content (AvgIpc) is 2.63. The summed E-state index contributed by atoms with van der Waals surface area (Å²) in [6.45, 7) is 4.38. The molecule has 3 nitrogen and oxygen atoms in total. The van der Waals surface area contributed by atoms with Gasteiger partial charge >= 0.3 is 0 Å². The van der Waals surface area contributed by atoms with Crippen molar-refractivity contribution in [3.8, 4) is 6.07 Å². The molecule has 1 atom stereocenters. The maximum absolute atomic E-state index is 9.11. The van der Waals surface area contributed by atoms with Gasteiger partial charge in [0.1, 0.15) is 6.07 Å². The predicted molar refractivity (Wildman–Crippen MR) is 68.8 cm³/mol. The lowest BCUT2D eigenvalue weighted by Gasteiger charge is -2.23. The average molecular weight is 229 g/mol. The lowest BCUT2D eigenvalue weighted by atomic mass is 9.98. The second kappa shape index (κ2) is 5.67. The standard InChI is InChI=1S/C14H19N3/c1-2-12-4-3-8-17(9-6-12)14-11-16-7-5-13(14)10-15/h5,7,11-12H,2-4,6,8-9H2,1H3. The van der Waals surface area contributed by atoms with E-state index in [1.165, 1.54) is 25.7 Å². The van der Waals surface area contributed by atoms with E-state index in [4.69, 9.17) is 5.26 Å². The first-order chi connectivity index (χ1) is 8.35. The third-order valence-electron chi connectivity index (χ3n) is 3.69. The van der Waals surface area contributed by atoms with Crippen LogP contribution >= 0.6 is 0 Å². The highest BCUT2D eigenvalue weighted by molar-refractivity contribution is 5.57. The second-order valence-electron chi connectivity index (χ2n) is 4.70. The van der Waals surface area contributed by atoms with Crippen LogP contribution in [0.4, 0.5) is 5.69 Å². The van der Waals surface area contributed by atoms with Gasteiger partial charge in [0.2, 0.25) is 0 Å². The number of rotatable bonds is 2. The summed E-state index contributed by atoms with van der Waals surface area (Å²) < 4.78 is 0. The van der Waals surface area contributed by atoms with Crippen molar-refractivity contribution in [3.05, 3.63) is 24.0 Å². The smallest absolute Gasteiger partial charge is 0.101 e. The van der Waals surface area contributed by atoms with Crippen molar-refractivity contribution < 1.29 is 0 Å². The Morgan fingerprint density at radius 1 is 1.47 bits per heavy atom. The van der Waals surface area contributed by atoms with Crippen molar-refractivity contribution in [2.75, 3.05) is 18.0 Å². The lowest BCUT2D eigenvalue weighted by Crippen LogP contribution is -2.25. The van der Waals surface area contributed by atoms with Crippen LogP contribution in [0.2, 0.25) is 0 Å². The van der Waals surface area contributed by atoms with Crippen LogP contribution in [0.3, 0.4) is 0 Å². The number of hydrogen-bond acceptors (Lipinski definition) is 3. The van der Waals surface area contributed by atoms with Crippen molar-refractivity contribution in [2.45, 2.75) is 32.6 Å². The number of aromatic nitrogens is 1. The minimum absolute atomic E-state index is 0.745. The van der Waals surface area contributed by atoms with E-state index < -0.39 is 0 Å². The van der Waals surface area contributed by atoms with E-state index >= 15 is 0 Å². The fourth-order valence-electron chi connectivity index (χ4n) is 2.55. The van der Waals surface area contributed by atoms with Gasteiger partial charge in [-0.15, -0.1) is 0 Å². The monoisotopic (exact) mass is 229 g/mol. The maximum atomic E-state index is 9.11. The van der Waals surface area contributed by atoms with Gasteiger partial charge in [0, 0.05) is 19.3 Å².